The van der Waals surface area contributed by atoms with Crippen LogP contribution in [0.4, 0.5) is 4.79 Å². The molecule has 34 heavy (non-hydrogen) atoms. The van der Waals surface area contributed by atoms with Crippen LogP contribution in [0.3, 0.4) is 0 Å². The van der Waals surface area contributed by atoms with Gasteiger partial charge in [-0.05, 0) is 54.9 Å². The number of rotatable bonds is 8. The Balaban J connectivity index is 1.28. The van der Waals surface area contributed by atoms with E-state index in [2.05, 4.69) is 34.9 Å². The maximum atomic E-state index is 12.6. The van der Waals surface area contributed by atoms with Gasteiger partial charge in [0, 0.05) is 24.4 Å². The van der Waals surface area contributed by atoms with Crippen molar-refractivity contribution in [3.05, 3.63) is 59.7 Å². The molecule has 7 heteroatoms. The molecule has 1 saturated carbocycles. The first-order valence-electron chi connectivity index (χ1n) is 11.9. The van der Waals surface area contributed by atoms with Crippen molar-refractivity contribution in [2.24, 2.45) is 11.8 Å². The highest BCUT2D eigenvalue weighted by Crippen LogP contribution is 2.44. The summed E-state index contributed by atoms with van der Waals surface area (Å²) in [7, 11) is 0. The number of aliphatic carboxylic acids is 1. The molecule has 0 aromatic heterocycles. The number of alkyl carbamates (subject to hydrolysis) is 1. The van der Waals surface area contributed by atoms with Crippen molar-refractivity contribution in [2.75, 3.05) is 13.2 Å². The van der Waals surface area contributed by atoms with Crippen LogP contribution < -0.4 is 10.6 Å². The normalized spacial score (nSPS) is 19.2. The molecule has 7 nitrogen and oxygen atoms in total. The Kier molecular flexibility index (Phi) is 6.91. The molecular formula is C27H32N2O5. The lowest BCUT2D eigenvalue weighted by Gasteiger charge is -2.26. The first kappa shape index (κ1) is 23.8. The number of ether oxygens (including phenoxy) is 1. The summed E-state index contributed by atoms with van der Waals surface area (Å²) in [5.74, 6) is -1.49. The Labute approximate surface area is 199 Å². The molecule has 0 bridgehead atoms. The minimum atomic E-state index is -0.811. The topological polar surface area (TPSA) is 105 Å². The number of carbonyl (C=O) groups is 3. The Morgan fingerprint density at radius 1 is 1.00 bits per heavy atom. The van der Waals surface area contributed by atoms with Crippen molar-refractivity contribution in [3.63, 3.8) is 0 Å². The smallest absolute Gasteiger partial charge is 0.407 e. The summed E-state index contributed by atoms with van der Waals surface area (Å²) in [4.78, 5) is 36.4. The Morgan fingerprint density at radius 2 is 1.62 bits per heavy atom. The van der Waals surface area contributed by atoms with E-state index >= 15 is 0 Å². The standard InChI is InChI=1S/C27H32N2O5/c1-27(2,14-24(30)28-15-17-8-7-13-18(17)25(31)32)29-26(33)34-16-23-21-11-5-3-9-19(21)20-10-4-6-12-22(20)23/h3-6,9-12,17-18,23H,7-8,13-16H2,1-2H3,(H,28,30)(H,29,33)(H,31,32)/t17-,18-/m0/s1. The van der Waals surface area contributed by atoms with Gasteiger partial charge in [0.15, 0.2) is 0 Å². The first-order chi connectivity index (χ1) is 16.2. The predicted octanol–water partition coefficient (Wildman–Crippen LogP) is 4.31. The fourth-order valence-corrected chi connectivity index (χ4v) is 5.27. The third-order valence-electron chi connectivity index (χ3n) is 6.92. The van der Waals surface area contributed by atoms with Crippen molar-refractivity contribution in [1.29, 1.82) is 0 Å². The van der Waals surface area contributed by atoms with Crippen LogP contribution in [0.25, 0.3) is 11.1 Å². The van der Waals surface area contributed by atoms with Crippen LogP contribution in [0.2, 0.25) is 0 Å². The molecule has 0 heterocycles. The molecule has 4 rings (SSSR count). The fraction of sp³-hybridized carbons (Fsp3) is 0.444. The summed E-state index contributed by atoms with van der Waals surface area (Å²) in [6.07, 6.45) is 1.83. The molecule has 0 radical (unpaired) electrons. The van der Waals surface area contributed by atoms with Crippen LogP contribution in [-0.4, -0.2) is 41.8 Å². The number of hydrogen-bond donors (Lipinski definition) is 3. The molecule has 180 valence electrons. The molecule has 2 aromatic carbocycles. The van der Waals surface area contributed by atoms with Crippen LogP contribution in [-0.2, 0) is 14.3 Å². The third kappa shape index (κ3) is 5.24. The predicted molar refractivity (Wildman–Crippen MR) is 128 cm³/mol. The van der Waals surface area contributed by atoms with Gasteiger partial charge >= 0.3 is 12.1 Å². The highest BCUT2D eigenvalue weighted by atomic mass is 16.5. The molecule has 2 amide bonds. The highest BCUT2D eigenvalue weighted by molar-refractivity contribution is 5.80. The van der Waals surface area contributed by atoms with E-state index in [1.807, 2.05) is 24.3 Å². The van der Waals surface area contributed by atoms with Gasteiger partial charge in [0.2, 0.25) is 5.91 Å². The Morgan fingerprint density at radius 3 is 2.24 bits per heavy atom. The second-order valence-electron chi connectivity index (χ2n) is 9.95. The number of hydrogen-bond acceptors (Lipinski definition) is 4. The fourth-order valence-electron chi connectivity index (χ4n) is 5.27. The Bertz CT molecular complexity index is 1030. The zero-order valence-corrected chi connectivity index (χ0v) is 19.7. The molecule has 2 atom stereocenters. The van der Waals surface area contributed by atoms with E-state index in [-0.39, 0.29) is 30.8 Å². The molecule has 0 aliphatic heterocycles. The summed E-state index contributed by atoms with van der Waals surface area (Å²) < 4.78 is 5.59. The van der Waals surface area contributed by atoms with Gasteiger partial charge < -0.3 is 20.5 Å². The lowest BCUT2D eigenvalue weighted by molar-refractivity contribution is -0.143. The number of benzene rings is 2. The van der Waals surface area contributed by atoms with Crippen LogP contribution in [0.5, 0.6) is 0 Å². The molecule has 0 saturated heterocycles. The van der Waals surface area contributed by atoms with Gasteiger partial charge in [-0.2, -0.15) is 0 Å². The van der Waals surface area contributed by atoms with E-state index in [4.69, 9.17) is 4.74 Å². The average molecular weight is 465 g/mol. The minimum absolute atomic E-state index is 0.0295. The Hall–Kier alpha value is -3.35. The van der Waals surface area contributed by atoms with Crippen molar-refractivity contribution < 1.29 is 24.2 Å². The van der Waals surface area contributed by atoms with Crippen LogP contribution >= 0.6 is 0 Å². The molecule has 1 fully saturated rings. The van der Waals surface area contributed by atoms with E-state index in [1.54, 1.807) is 13.8 Å². The molecule has 0 spiro atoms. The van der Waals surface area contributed by atoms with Crippen LogP contribution in [0.1, 0.15) is 56.6 Å². The van der Waals surface area contributed by atoms with E-state index in [0.717, 1.165) is 35.1 Å². The van der Waals surface area contributed by atoms with Gasteiger partial charge in [-0.25, -0.2) is 4.79 Å². The maximum absolute atomic E-state index is 12.6. The zero-order valence-electron chi connectivity index (χ0n) is 19.7. The van der Waals surface area contributed by atoms with Gasteiger partial charge in [-0.3, -0.25) is 9.59 Å². The maximum Gasteiger partial charge on any atom is 0.407 e. The molecular weight excluding hydrogens is 432 g/mol. The van der Waals surface area contributed by atoms with Crippen molar-refractivity contribution in [2.45, 2.75) is 51.0 Å². The number of carbonyl (C=O) groups excluding carboxylic acids is 2. The monoisotopic (exact) mass is 464 g/mol. The number of amides is 2. The van der Waals surface area contributed by atoms with Crippen LogP contribution in [0, 0.1) is 11.8 Å². The average Bonchev–Trinajstić information content (AvgIpc) is 3.38. The van der Waals surface area contributed by atoms with E-state index in [0.29, 0.717) is 13.0 Å². The zero-order chi connectivity index (χ0) is 24.3. The summed E-state index contributed by atoms with van der Waals surface area (Å²) in [6, 6.07) is 16.3. The van der Waals surface area contributed by atoms with Gasteiger partial charge in [-0.1, -0.05) is 55.0 Å². The summed E-state index contributed by atoms with van der Waals surface area (Å²) in [5.41, 5.74) is 3.80. The van der Waals surface area contributed by atoms with Gasteiger partial charge in [0.1, 0.15) is 6.61 Å². The molecule has 3 N–H and O–H groups in total. The van der Waals surface area contributed by atoms with Gasteiger partial charge in [0.05, 0.1) is 5.92 Å². The minimum Gasteiger partial charge on any atom is -0.481 e. The third-order valence-corrected chi connectivity index (χ3v) is 6.92. The SMILES string of the molecule is CC(C)(CC(=O)NC[C@@H]1CCC[C@@H]1C(=O)O)NC(=O)OCC1c2ccccc2-c2ccccc21. The number of fused-ring (bicyclic) bond motifs is 3. The molecule has 2 aliphatic carbocycles. The summed E-state index contributed by atoms with van der Waals surface area (Å²) in [5, 5.41) is 14.9. The van der Waals surface area contributed by atoms with E-state index in [1.165, 1.54) is 0 Å². The number of carboxylic acid groups (broad SMARTS) is 1. The lowest BCUT2D eigenvalue weighted by Crippen LogP contribution is -2.47. The second-order valence-corrected chi connectivity index (χ2v) is 9.95. The van der Waals surface area contributed by atoms with Crippen molar-refractivity contribution >= 4 is 18.0 Å². The summed E-state index contributed by atoms with van der Waals surface area (Å²) in [6.45, 7) is 4.09. The van der Waals surface area contributed by atoms with Crippen molar-refractivity contribution in [1.82, 2.24) is 10.6 Å². The van der Waals surface area contributed by atoms with Gasteiger partial charge in [-0.15, -0.1) is 0 Å². The van der Waals surface area contributed by atoms with Crippen LogP contribution in [0.15, 0.2) is 48.5 Å². The van der Waals surface area contributed by atoms with E-state index in [9.17, 15) is 19.5 Å². The number of nitrogens with one attached hydrogen (secondary N) is 2. The molecule has 2 aliphatic rings. The van der Waals surface area contributed by atoms with Gasteiger partial charge in [0.25, 0.3) is 0 Å². The summed E-state index contributed by atoms with van der Waals surface area (Å²) >= 11 is 0. The van der Waals surface area contributed by atoms with Crippen molar-refractivity contribution in [3.8, 4) is 11.1 Å². The molecule has 2 aromatic rings. The second kappa shape index (κ2) is 9.87. The largest absolute Gasteiger partial charge is 0.481 e. The molecule has 0 unspecified atom stereocenters. The number of carboxylic acids is 1. The quantitative estimate of drug-likeness (QED) is 0.540. The highest BCUT2D eigenvalue weighted by Gasteiger charge is 2.34. The van der Waals surface area contributed by atoms with E-state index < -0.39 is 23.5 Å². The lowest BCUT2D eigenvalue weighted by atomic mass is 9.95. The first-order valence-corrected chi connectivity index (χ1v) is 11.9.